The van der Waals surface area contributed by atoms with Crippen molar-refractivity contribution < 1.29 is 14.3 Å². The van der Waals surface area contributed by atoms with Crippen LogP contribution in [0.3, 0.4) is 0 Å². The van der Waals surface area contributed by atoms with Crippen molar-refractivity contribution in [2.45, 2.75) is 32.9 Å². The minimum Gasteiger partial charge on any atom is -0.493 e. The number of aromatic nitrogens is 2. The lowest BCUT2D eigenvalue weighted by Crippen LogP contribution is -2.13. The molecular weight excluding hydrogens is 232 g/mol. The van der Waals surface area contributed by atoms with Gasteiger partial charge >= 0.3 is 0 Å². The third-order valence-electron chi connectivity index (χ3n) is 2.92. The lowest BCUT2D eigenvalue weighted by Gasteiger charge is -2.16. The first-order valence-electron chi connectivity index (χ1n) is 5.89. The van der Waals surface area contributed by atoms with Crippen LogP contribution in [0.4, 0.5) is 0 Å². The van der Waals surface area contributed by atoms with Crippen molar-refractivity contribution in [3.05, 3.63) is 35.5 Å². The molecule has 0 aliphatic carbocycles. The Bertz CT molecular complexity index is 528. The van der Waals surface area contributed by atoms with Crippen LogP contribution in [0.5, 0.6) is 5.75 Å². The maximum atomic E-state index is 10.5. The Morgan fingerprint density at radius 1 is 1.44 bits per heavy atom. The van der Waals surface area contributed by atoms with E-state index in [1.54, 1.807) is 24.3 Å². The van der Waals surface area contributed by atoms with Gasteiger partial charge in [0.15, 0.2) is 11.9 Å². The van der Waals surface area contributed by atoms with Gasteiger partial charge < -0.3 is 14.3 Å². The second-order valence-corrected chi connectivity index (χ2v) is 4.51. The number of ether oxygens (including phenoxy) is 1. The minimum absolute atomic E-state index is 0.133. The van der Waals surface area contributed by atoms with Gasteiger partial charge in [-0.25, -0.2) is 0 Å². The summed E-state index contributed by atoms with van der Waals surface area (Å²) in [5.41, 5.74) is 1.52. The van der Waals surface area contributed by atoms with Crippen LogP contribution in [0.1, 0.15) is 43.0 Å². The first-order valence-corrected chi connectivity index (χ1v) is 5.89. The number of hydrogen-bond donors (Lipinski definition) is 1. The molecule has 0 fully saturated rings. The Balaban J connectivity index is 2.49. The van der Waals surface area contributed by atoms with E-state index in [1.807, 2.05) is 26.8 Å². The fourth-order valence-electron chi connectivity index (χ4n) is 1.97. The van der Waals surface area contributed by atoms with Crippen LogP contribution in [0, 0.1) is 6.92 Å². The third kappa shape index (κ3) is 2.01. The van der Waals surface area contributed by atoms with E-state index < -0.39 is 6.10 Å². The van der Waals surface area contributed by atoms with Crippen LogP contribution < -0.4 is 4.74 Å². The lowest BCUT2D eigenvalue weighted by atomic mass is 10.1. The molecule has 2 aromatic rings. The number of hydrogen-bond acceptors (Lipinski definition) is 4. The predicted molar refractivity (Wildman–Crippen MR) is 66.7 cm³/mol. The summed E-state index contributed by atoms with van der Waals surface area (Å²) in [4.78, 5) is 0. The summed E-state index contributed by atoms with van der Waals surface area (Å²) >= 11 is 0. The first-order chi connectivity index (χ1) is 8.56. The maximum Gasteiger partial charge on any atom is 0.163 e. The van der Waals surface area contributed by atoms with Gasteiger partial charge in [0.2, 0.25) is 0 Å². The van der Waals surface area contributed by atoms with Crippen molar-refractivity contribution in [3.8, 4) is 5.75 Å². The second-order valence-electron chi connectivity index (χ2n) is 4.51. The van der Waals surface area contributed by atoms with Crippen LogP contribution in [0.15, 0.2) is 22.9 Å². The van der Waals surface area contributed by atoms with Crippen molar-refractivity contribution in [1.82, 2.24) is 9.78 Å². The highest BCUT2D eigenvalue weighted by molar-refractivity contribution is 5.34. The standard InChI is InChI=1S/C13H18N2O3/c1-8(2)15-11(10(17-4)7-14-15)12(16)13-9(3)5-6-18-13/h5-8,12,16H,1-4H3. The molecule has 0 saturated heterocycles. The van der Waals surface area contributed by atoms with Crippen LogP contribution >= 0.6 is 0 Å². The molecule has 0 saturated carbocycles. The van der Waals surface area contributed by atoms with Crippen molar-refractivity contribution in [2.75, 3.05) is 7.11 Å². The molecule has 98 valence electrons. The summed E-state index contributed by atoms with van der Waals surface area (Å²) in [7, 11) is 1.56. The molecule has 5 nitrogen and oxygen atoms in total. The zero-order valence-electron chi connectivity index (χ0n) is 11.0. The molecule has 0 spiro atoms. The highest BCUT2D eigenvalue weighted by Crippen LogP contribution is 2.33. The molecule has 0 bridgehead atoms. The van der Waals surface area contributed by atoms with Gasteiger partial charge in [-0.1, -0.05) is 0 Å². The van der Waals surface area contributed by atoms with Crippen molar-refractivity contribution in [1.29, 1.82) is 0 Å². The first kappa shape index (κ1) is 12.7. The Hall–Kier alpha value is -1.75. The van der Waals surface area contributed by atoms with Crippen molar-refractivity contribution in [3.63, 3.8) is 0 Å². The largest absolute Gasteiger partial charge is 0.493 e. The van der Waals surface area contributed by atoms with Gasteiger partial charge in [-0.05, 0) is 32.4 Å². The molecule has 0 aliphatic heterocycles. The topological polar surface area (TPSA) is 60.4 Å². The van der Waals surface area contributed by atoms with E-state index in [4.69, 9.17) is 9.15 Å². The quantitative estimate of drug-likeness (QED) is 0.905. The summed E-state index contributed by atoms with van der Waals surface area (Å²) in [5.74, 6) is 1.09. The Labute approximate surface area is 106 Å². The molecule has 0 amide bonds. The molecule has 1 unspecified atom stereocenters. The van der Waals surface area contributed by atoms with Crippen LogP contribution in [0.25, 0.3) is 0 Å². The van der Waals surface area contributed by atoms with Crippen molar-refractivity contribution >= 4 is 0 Å². The molecule has 2 heterocycles. The van der Waals surface area contributed by atoms with Gasteiger partial charge in [0.05, 0.1) is 19.6 Å². The van der Waals surface area contributed by atoms with Crippen LogP contribution in [-0.4, -0.2) is 22.0 Å². The van der Waals surface area contributed by atoms with E-state index in [9.17, 15) is 5.11 Å². The van der Waals surface area contributed by atoms with Crippen LogP contribution in [-0.2, 0) is 0 Å². The second kappa shape index (κ2) is 4.86. The molecule has 1 atom stereocenters. The molecular formula is C13H18N2O3. The van der Waals surface area contributed by atoms with Gasteiger partial charge in [-0.15, -0.1) is 0 Å². The smallest absolute Gasteiger partial charge is 0.163 e. The van der Waals surface area contributed by atoms with E-state index in [0.717, 1.165) is 5.56 Å². The molecule has 5 heteroatoms. The molecule has 0 aromatic carbocycles. The number of aliphatic hydroxyl groups excluding tert-OH is 1. The Morgan fingerprint density at radius 3 is 2.67 bits per heavy atom. The molecule has 2 aromatic heterocycles. The minimum atomic E-state index is -0.875. The number of aryl methyl sites for hydroxylation is 1. The van der Waals surface area contributed by atoms with Crippen LogP contribution in [0.2, 0.25) is 0 Å². The average Bonchev–Trinajstić information content (AvgIpc) is 2.93. The monoisotopic (exact) mass is 250 g/mol. The number of aliphatic hydroxyl groups is 1. The van der Waals surface area contributed by atoms with Gasteiger partial charge in [0, 0.05) is 6.04 Å². The van der Waals surface area contributed by atoms with E-state index in [0.29, 0.717) is 17.2 Å². The Morgan fingerprint density at radius 2 is 2.17 bits per heavy atom. The number of rotatable bonds is 4. The van der Waals surface area contributed by atoms with E-state index in [1.165, 1.54) is 0 Å². The highest BCUT2D eigenvalue weighted by atomic mass is 16.5. The fraction of sp³-hybridized carbons (Fsp3) is 0.462. The molecule has 2 rings (SSSR count). The zero-order valence-corrected chi connectivity index (χ0v) is 11.0. The maximum absolute atomic E-state index is 10.5. The summed E-state index contributed by atoms with van der Waals surface area (Å²) in [5, 5.41) is 14.7. The van der Waals surface area contributed by atoms with E-state index in [2.05, 4.69) is 5.10 Å². The average molecular weight is 250 g/mol. The van der Waals surface area contributed by atoms with Gasteiger partial charge in [-0.2, -0.15) is 5.10 Å². The molecule has 0 aliphatic rings. The predicted octanol–water partition coefficient (Wildman–Crippen LogP) is 2.46. The van der Waals surface area contributed by atoms with Gasteiger partial charge in [0.1, 0.15) is 11.5 Å². The number of nitrogens with zero attached hydrogens (tertiary/aromatic N) is 2. The van der Waals surface area contributed by atoms with Gasteiger partial charge in [0.25, 0.3) is 0 Å². The summed E-state index contributed by atoms with van der Waals surface area (Å²) in [6.45, 7) is 5.89. The summed E-state index contributed by atoms with van der Waals surface area (Å²) < 4.78 is 12.3. The SMILES string of the molecule is COc1cnn(C(C)C)c1C(O)c1occc1C. The van der Waals surface area contributed by atoms with Crippen molar-refractivity contribution in [2.24, 2.45) is 0 Å². The van der Waals surface area contributed by atoms with Gasteiger partial charge in [-0.3, -0.25) is 4.68 Å². The normalized spacial score (nSPS) is 13.0. The third-order valence-corrected chi connectivity index (χ3v) is 2.92. The lowest BCUT2D eigenvalue weighted by molar-refractivity contribution is 0.171. The number of methoxy groups -OCH3 is 1. The number of furan rings is 1. The Kier molecular flexibility index (Phi) is 3.43. The molecule has 1 N–H and O–H groups in total. The summed E-state index contributed by atoms with van der Waals surface area (Å²) in [6, 6.07) is 1.95. The zero-order chi connectivity index (χ0) is 13.3. The fourth-order valence-corrected chi connectivity index (χ4v) is 1.97. The highest BCUT2D eigenvalue weighted by Gasteiger charge is 2.26. The van der Waals surface area contributed by atoms with E-state index in [-0.39, 0.29) is 6.04 Å². The molecule has 0 radical (unpaired) electrons. The molecule has 18 heavy (non-hydrogen) atoms. The van der Waals surface area contributed by atoms with E-state index >= 15 is 0 Å². The summed E-state index contributed by atoms with van der Waals surface area (Å²) in [6.07, 6.45) is 2.30.